The maximum absolute atomic E-state index is 11.2. The van der Waals surface area contributed by atoms with Crippen LogP contribution in [0.25, 0.3) is 0 Å². The van der Waals surface area contributed by atoms with Crippen molar-refractivity contribution in [1.29, 1.82) is 0 Å². The van der Waals surface area contributed by atoms with Crippen LogP contribution in [0, 0.1) is 0 Å². The number of rotatable bonds is 4. The van der Waals surface area contributed by atoms with Gasteiger partial charge in [-0.25, -0.2) is 5.48 Å². The second-order valence-electron chi connectivity index (χ2n) is 4.80. The maximum atomic E-state index is 11.2. The van der Waals surface area contributed by atoms with Gasteiger partial charge in [-0.3, -0.25) is 9.63 Å². The van der Waals surface area contributed by atoms with Crippen LogP contribution in [0.3, 0.4) is 0 Å². The average molecular weight is 251 g/mol. The standard InChI is InChI=1S/C13H17NO4/c1-13(2)7-9-5-4-6-10(12(9)18-13)17-8-11(15)14-16-3/h4-6H,7-8H2,1-3H3,(H,14,15). The van der Waals surface area contributed by atoms with E-state index in [1.54, 1.807) is 6.07 Å². The van der Waals surface area contributed by atoms with Gasteiger partial charge in [0.05, 0.1) is 7.11 Å². The number of fused-ring (bicyclic) bond motifs is 1. The van der Waals surface area contributed by atoms with Crippen LogP contribution < -0.4 is 15.0 Å². The Bertz CT molecular complexity index is 456. The van der Waals surface area contributed by atoms with E-state index in [2.05, 4.69) is 10.3 Å². The molecule has 5 nitrogen and oxygen atoms in total. The molecular weight excluding hydrogens is 234 g/mol. The third-order valence-corrected chi connectivity index (χ3v) is 2.63. The Morgan fingerprint density at radius 3 is 3.00 bits per heavy atom. The zero-order valence-electron chi connectivity index (χ0n) is 10.8. The van der Waals surface area contributed by atoms with E-state index < -0.39 is 0 Å². The van der Waals surface area contributed by atoms with Crippen molar-refractivity contribution in [3.05, 3.63) is 23.8 Å². The molecule has 0 fully saturated rings. The van der Waals surface area contributed by atoms with Gasteiger partial charge in [-0.2, -0.15) is 0 Å². The molecule has 1 aromatic carbocycles. The molecule has 0 aromatic heterocycles. The van der Waals surface area contributed by atoms with E-state index in [0.29, 0.717) is 5.75 Å². The lowest BCUT2D eigenvalue weighted by Gasteiger charge is -2.18. The second-order valence-corrected chi connectivity index (χ2v) is 4.80. The number of carbonyl (C=O) groups excluding carboxylic acids is 1. The van der Waals surface area contributed by atoms with Crippen LogP contribution in [-0.2, 0) is 16.1 Å². The topological polar surface area (TPSA) is 56.8 Å². The van der Waals surface area contributed by atoms with Crippen LogP contribution in [0.5, 0.6) is 11.5 Å². The number of hydroxylamine groups is 1. The molecule has 0 saturated heterocycles. The Balaban J connectivity index is 2.08. The van der Waals surface area contributed by atoms with Gasteiger partial charge in [0.15, 0.2) is 18.1 Å². The molecule has 0 bridgehead atoms. The van der Waals surface area contributed by atoms with E-state index in [0.717, 1.165) is 17.7 Å². The first-order chi connectivity index (χ1) is 8.52. The van der Waals surface area contributed by atoms with Crippen molar-refractivity contribution in [2.75, 3.05) is 13.7 Å². The number of hydrogen-bond donors (Lipinski definition) is 1. The smallest absolute Gasteiger partial charge is 0.281 e. The lowest BCUT2D eigenvalue weighted by atomic mass is 10.0. The molecule has 0 unspecified atom stereocenters. The highest BCUT2D eigenvalue weighted by molar-refractivity contribution is 5.76. The normalized spacial score (nSPS) is 15.7. The molecule has 98 valence electrons. The summed E-state index contributed by atoms with van der Waals surface area (Å²) in [6, 6.07) is 5.69. The van der Waals surface area contributed by atoms with Crippen LogP contribution >= 0.6 is 0 Å². The van der Waals surface area contributed by atoms with Gasteiger partial charge in [0.1, 0.15) is 5.60 Å². The van der Waals surface area contributed by atoms with Gasteiger partial charge >= 0.3 is 0 Å². The molecule has 0 radical (unpaired) electrons. The zero-order valence-corrected chi connectivity index (χ0v) is 10.8. The molecule has 5 heteroatoms. The molecule has 18 heavy (non-hydrogen) atoms. The molecule has 1 aliphatic rings. The van der Waals surface area contributed by atoms with E-state index in [-0.39, 0.29) is 18.1 Å². The zero-order chi connectivity index (χ0) is 13.2. The predicted molar refractivity (Wildman–Crippen MR) is 65.5 cm³/mol. The van der Waals surface area contributed by atoms with Gasteiger partial charge in [-0.15, -0.1) is 0 Å². The minimum atomic E-state index is -0.340. The van der Waals surface area contributed by atoms with Crippen molar-refractivity contribution in [2.24, 2.45) is 0 Å². The Morgan fingerprint density at radius 1 is 1.50 bits per heavy atom. The molecule has 0 atom stereocenters. The summed E-state index contributed by atoms with van der Waals surface area (Å²) in [6.07, 6.45) is 0.837. The van der Waals surface area contributed by atoms with E-state index >= 15 is 0 Å². The Morgan fingerprint density at radius 2 is 2.28 bits per heavy atom. The molecule has 1 heterocycles. The van der Waals surface area contributed by atoms with Crippen molar-refractivity contribution in [3.8, 4) is 11.5 Å². The highest BCUT2D eigenvalue weighted by atomic mass is 16.6. The molecule has 0 aliphatic carbocycles. The molecule has 1 N–H and O–H groups in total. The van der Waals surface area contributed by atoms with Crippen LogP contribution in [0.1, 0.15) is 19.4 Å². The van der Waals surface area contributed by atoms with Crippen LogP contribution in [0.15, 0.2) is 18.2 Å². The summed E-state index contributed by atoms with van der Waals surface area (Å²) in [7, 11) is 1.38. The van der Waals surface area contributed by atoms with Crippen molar-refractivity contribution in [1.82, 2.24) is 5.48 Å². The van der Waals surface area contributed by atoms with Crippen LogP contribution in [0.4, 0.5) is 0 Å². The number of hydrogen-bond acceptors (Lipinski definition) is 4. The lowest BCUT2D eigenvalue weighted by Crippen LogP contribution is -2.28. The fraction of sp³-hybridized carbons (Fsp3) is 0.462. The van der Waals surface area contributed by atoms with Gasteiger partial charge in [-0.05, 0) is 19.9 Å². The summed E-state index contributed by atoms with van der Waals surface area (Å²) in [6.45, 7) is 3.94. The summed E-state index contributed by atoms with van der Waals surface area (Å²) < 4.78 is 11.3. The molecule has 0 spiro atoms. The Hall–Kier alpha value is -1.75. The van der Waals surface area contributed by atoms with Gasteiger partial charge < -0.3 is 9.47 Å². The summed E-state index contributed by atoms with van der Waals surface area (Å²) in [4.78, 5) is 15.7. The average Bonchev–Trinajstić information content (AvgIpc) is 2.61. The number of carbonyl (C=O) groups is 1. The lowest BCUT2D eigenvalue weighted by molar-refractivity contribution is -0.133. The quantitative estimate of drug-likeness (QED) is 0.823. The molecular formula is C13H17NO4. The first kappa shape index (κ1) is 12.7. The van der Waals surface area contributed by atoms with Crippen molar-refractivity contribution >= 4 is 5.91 Å². The third kappa shape index (κ3) is 2.73. The molecule has 2 rings (SSSR count). The Kier molecular flexibility index (Phi) is 3.43. The number of nitrogens with one attached hydrogen (secondary N) is 1. The van der Waals surface area contributed by atoms with E-state index in [1.165, 1.54) is 7.11 Å². The maximum Gasteiger partial charge on any atom is 0.281 e. The number of para-hydroxylation sites is 1. The number of ether oxygens (including phenoxy) is 2. The molecule has 1 amide bonds. The first-order valence-corrected chi connectivity index (χ1v) is 5.77. The van der Waals surface area contributed by atoms with Crippen LogP contribution in [0.2, 0.25) is 0 Å². The SMILES string of the molecule is CONC(=O)COc1cccc2c1OC(C)(C)C2. The van der Waals surface area contributed by atoms with Gasteiger partial charge in [0.25, 0.3) is 5.91 Å². The highest BCUT2D eigenvalue weighted by Crippen LogP contribution is 2.41. The minimum Gasteiger partial charge on any atom is -0.483 e. The summed E-state index contributed by atoms with van der Waals surface area (Å²) in [5.41, 5.74) is 3.07. The minimum absolute atomic E-state index is 0.103. The monoisotopic (exact) mass is 251 g/mol. The fourth-order valence-electron chi connectivity index (χ4n) is 1.99. The summed E-state index contributed by atoms with van der Waals surface area (Å²) >= 11 is 0. The fourth-order valence-corrected chi connectivity index (χ4v) is 1.99. The first-order valence-electron chi connectivity index (χ1n) is 5.77. The molecule has 0 saturated carbocycles. The predicted octanol–water partition coefficient (Wildman–Crippen LogP) is 1.46. The van der Waals surface area contributed by atoms with Crippen molar-refractivity contribution in [2.45, 2.75) is 25.9 Å². The Labute approximate surface area is 106 Å². The number of benzene rings is 1. The van der Waals surface area contributed by atoms with E-state index in [4.69, 9.17) is 9.47 Å². The van der Waals surface area contributed by atoms with Gasteiger partial charge in [0, 0.05) is 12.0 Å². The van der Waals surface area contributed by atoms with Crippen LogP contribution in [-0.4, -0.2) is 25.2 Å². The summed E-state index contributed by atoms with van der Waals surface area (Å²) in [5.74, 6) is 0.976. The van der Waals surface area contributed by atoms with Gasteiger partial charge in [0.2, 0.25) is 0 Å². The van der Waals surface area contributed by atoms with E-state index in [1.807, 2.05) is 26.0 Å². The number of amides is 1. The van der Waals surface area contributed by atoms with Crippen molar-refractivity contribution in [3.63, 3.8) is 0 Å². The summed E-state index contributed by atoms with van der Waals surface area (Å²) in [5, 5.41) is 0. The van der Waals surface area contributed by atoms with E-state index in [9.17, 15) is 4.79 Å². The second kappa shape index (κ2) is 4.86. The largest absolute Gasteiger partial charge is 0.483 e. The van der Waals surface area contributed by atoms with Crippen molar-refractivity contribution < 1.29 is 19.1 Å². The highest BCUT2D eigenvalue weighted by Gasteiger charge is 2.32. The van der Waals surface area contributed by atoms with Gasteiger partial charge in [-0.1, -0.05) is 12.1 Å². The molecule has 1 aliphatic heterocycles. The third-order valence-electron chi connectivity index (χ3n) is 2.63. The molecule has 1 aromatic rings.